The van der Waals surface area contributed by atoms with E-state index in [-0.39, 0.29) is 10.8 Å². The van der Waals surface area contributed by atoms with Crippen LogP contribution in [0.4, 0.5) is 10.1 Å². The van der Waals surface area contributed by atoms with Crippen LogP contribution in [0.15, 0.2) is 12.1 Å². The molecule has 4 nitrogen and oxygen atoms in total. The summed E-state index contributed by atoms with van der Waals surface area (Å²) in [5.41, 5.74) is 6.02. The monoisotopic (exact) mass is 299 g/mol. The number of nitrogens with two attached hydrogens (primary N) is 1. The number of nitrogens with zero attached hydrogens (tertiary/aromatic N) is 1. The van der Waals surface area contributed by atoms with Crippen molar-refractivity contribution in [3.63, 3.8) is 0 Å². The molecule has 1 aliphatic rings. The highest BCUT2D eigenvalue weighted by Gasteiger charge is 2.46. The Morgan fingerprint density at radius 2 is 2.05 bits per heavy atom. The second kappa shape index (κ2) is 5.16. The van der Waals surface area contributed by atoms with Crippen molar-refractivity contribution in [3.8, 4) is 0 Å². The predicted octanol–water partition coefficient (Wildman–Crippen LogP) is 2.74. The summed E-state index contributed by atoms with van der Waals surface area (Å²) in [5.74, 6) is 0. The molecule has 0 aromatic carbocycles. The van der Waals surface area contributed by atoms with Gasteiger partial charge in [-0.1, -0.05) is 0 Å². The highest BCUT2D eigenvalue weighted by molar-refractivity contribution is 7.90. The molecule has 0 spiro atoms. The van der Waals surface area contributed by atoms with E-state index in [2.05, 4.69) is 9.71 Å². The molecule has 3 N–H and O–H groups in total. The molecule has 0 radical (unpaired) electrons. The molecule has 0 amide bonds. The summed E-state index contributed by atoms with van der Waals surface area (Å²) in [5, 5.41) is 0. The van der Waals surface area contributed by atoms with Gasteiger partial charge in [0.05, 0.1) is 17.4 Å². The first-order valence-corrected chi connectivity index (χ1v) is 7.92. The lowest BCUT2D eigenvalue weighted by Crippen LogP contribution is -2.40. The zero-order valence-corrected chi connectivity index (χ0v) is 13.2. The first-order chi connectivity index (χ1) is 9.12. The summed E-state index contributed by atoms with van der Waals surface area (Å²) in [6, 6.07) is 3.04. The van der Waals surface area contributed by atoms with Crippen LogP contribution in [0, 0.1) is 0 Å². The molecule has 1 aliphatic carbocycles. The van der Waals surface area contributed by atoms with Gasteiger partial charge in [0, 0.05) is 17.0 Å². The lowest BCUT2D eigenvalue weighted by molar-refractivity contribution is 0.308. The molecule has 1 heterocycles. The lowest BCUT2D eigenvalue weighted by atomic mass is 10.1. The molecule has 1 aromatic rings. The molecule has 2 unspecified atom stereocenters. The number of hydrogen-bond acceptors (Lipinski definition) is 4. The maximum Gasteiger partial charge on any atom is 0.153 e. The van der Waals surface area contributed by atoms with Crippen LogP contribution in [0.2, 0.25) is 0 Å². The minimum atomic E-state index is -1.31. The first kappa shape index (κ1) is 15.5. The Hall–Kier alpha value is -0.850. The SMILES string of the molecule is CC(N[S+]([O-])C(C)(C)C)c1cc(N)cc(C2(F)CC2)n1. The van der Waals surface area contributed by atoms with Gasteiger partial charge in [0.1, 0.15) is 4.75 Å². The van der Waals surface area contributed by atoms with Crippen molar-refractivity contribution in [1.29, 1.82) is 0 Å². The third kappa shape index (κ3) is 3.42. The Kier molecular flexibility index (Phi) is 4.01. The smallest absolute Gasteiger partial charge is 0.153 e. The lowest BCUT2D eigenvalue weighted by Gasteiger charge is -2.26. The van der Waals surface area contributed by atoms with Gasteiger partial charge in [0.2, 0.25) is 0 Å². The van der Waals surface area contributed by atoms with Gasteiger partial charge in [0.25, 0.3) is 0 Å². The van der Waals surface area contributed by atoms with Gasteiger partial charge in [-0.3, -0.25) is 4.98 Å². The van der Waals surface area contributed by atoms with Crippen molar-refractivity contribution in [2.45, 2.75) is 57.0 Å². The van der Waals surface area contributed by atoms with Gasteiger partial charge in [0.15, 0.2) is 5.67 Å². The topological polar surface area (TPSA) is 74.0 Å². The van der Waals surface area contributed by atoms with E-state index in [4.69, 9.17) is 5.73 Å². The predicted molar refractivity (Wildman–Crippen MR) is 80.1 cm³/mol. The fourth-order valence-corrected chi connectivity index (χ4v) is 2.58. The van der Waals surface area contributed by atoms with Crippen molar-refractivity contribution in [2.75, 3.05) is 5.73 Å². The van der Waals surface area contributed by atoms with Gasteiger partial charge >= 0.3 is 0 Å². The molecule has 1 aromatic heterocycles. The number of aromatic nitrogens is 1. The summed E-state index contributed by atoms with van der Waals surface area (Å²) in [4.78, 5) is 4.35. The first-order valence-electron chi connectivity index (χ1n) is 6.77. The highest BCUT2D eigenvalue weighted by atomic mass is 32.2. The van der Waals surface area contributed by atoms with E-state index >= 15 is 0 Å². The maximum atomic E-state index is 14.1. The molecule has 112 valence electrons. The van der Waals surface area contributed by atoms with Crippen molar-refractivity contribution in [2.24, 2.45) is 0 Å². The van der Waals surface area contributed by atoms with Crippen LogP contribution in [0.5, 0.6) is 0 Å². The number of halogens is 1. The Labute approximate surface area is 122 Å². The number of rotatable bonds is 4. The van der Waals surface area contributed by atoms with Crippen molar-refractivity contribution >= 4 is 17.0 Å². The Morgan fingerprint density at radius 3 is 2.55 bits per heavy atom. The van der Waals surface area contributed by atoms with E-state index in [9.17, 15) is 8.94 Å². The highest BCUT2D eigenvalue weighted by Crippen LogP contribution is 2.49. The van der Waals surface area contributed by atoms with E-state index in [0.29, 0.717) is 29.9 Å². The quantitative estimate of drug-likeness (QED) is 0.838. The number of hydrogen-bond donors (Lipinski definition) is 2. The van der Waals surface area contributed by atoms with Crippen LogP contribution in [-0.4, -0.2) is 14.3 Å². The molecule has 6 heteroatoms. The summed E-state index contributed by atoms with van der Waals surface area (Å²) in [6.07, 6.45) is 0.997. The molecular weight excluding hydrogens is 277 g/mol. The fraction of sp³-hybridized carbons (Fsp3) is 0.643. The van der Waals surface area contributed by atoms with E-state index in [1.54, 1.807) is 12.1 Å². The van der Waals surface area contributed by atoms with Crippen LogP contribution in [-0.2, 0) is 17.0 Å². The molecule has 2 atom stereocenters. The number of anilines is 1. The van der Waals surface area contributed by atoms with Crippen LogP contribution in [0.3, 0.4) is 0 Å². The average molecular weight is 299 g/mol. The van der Waals surface area contributed by atoms with Crippen molar-refractivity contribution in [1.82, 2.24) is 9.71 Å². The molecule has 1 saturated carbocycles. The third-order valence-electron chi connectivity index (χ3n) is 3.30. The number of nitrogen functional groups attached to an aromatic ring is 1. The van der Waals surface area contributed by atoms with Crippen molar-refractivity contribution in [3.05, 3.63) is 23.5 Å². The van der Waals surface area contributed by atoms with Gasteiger partial charge in [-0.25, -0.2) is 4.39 Å². The van der Waals surface area contributed by atoms with Gasteiger partial charge in [-0.05, 0) is 52.7 Å². The Bertz CT molecular complexity index is 500. The summed E-state index contributed by atoms with van der Waals surface area (Å²) in [7, 11) is 0. The van der Waals surface area contributed by atoms with Crippen molar-refractivity contribution < 1.29 is 8.94 Å². The van der Waals surface area contributed by atoms with Crippen LogP contribution >= 0.6 is 0 Å². The van der Waals surface area contributed by atoms with E-state index in [0.717, 1.165) is 0 Å². The molecule has 20 heavy (non-hydrogen) atoms. The van der Waals surface area contributed by atoms with Gasteiger partial charge < -0.3 is 10.3 Å². The minimum absolute atomic E-state index is 0.250. The second-order valence-corrected chi connectivity index (χ2v) is 8.39. The van der Waals surface area contributed by atoms with Crippen LogP contribution in [0.1, 0.15) is 58.0 Å². The zero-order chi connectivity index (χ0) is 15.1. The molecular formula is C14H22FN3OS. The third-order valence-corrected chi connectivity index (χ3v) is 4.98. The number of alkyl halides is 1. The fourth-order valence-electron chi connectivity index (χ4n) is 1.79. The van der Waals surface area contributed by atoms with Crippen LogP contribution in [0.25, 0.3) is 0 Å². The zero-order valence-electron chi connectivity index (χ0n) is 12.4. The average Bonchev–Trinajstić information content (AvgIpc) is 3.06. The Balaban J connectivity index is 2.18. The standard InChI is InChI=1S/C14H22FN3OS/c1-9(18-20(19)13(2,3)4)11-7-10(16)8-12(17-11)14(15)5-6-14/h7-9,18H,5-6H2,1-4H3,(H2,16,17). The molecule has 0 saturated heterocycles. The van der Waals surface area contributed by atoms with Crippen LogP contribution < -0.4 is 10.5 Å². The minimum Gasteiger partial charge on any atom is -0.598 e. The second-order valence-electron chi connectivity index (χ2n) is 6.40. The van der Waals surface area contributed by atoms with E-state index in [1.807, 2.05) is 27.7 Å². The Morgan fingerprint density at radius 1 is 1.45 bits per heavy atom. The largest absolute Gasteiger partial charge is 0.598 e. The van der Waals surface area contributed by atoms with Gasteiger partial charge in [-0.15, -0.1) is 4.72 Å². The van der Waals surface area contributed by atoms with E-state index < -0.39 is 17.0 Å². The maximum absolute atomic E-state index is 14.1. The summed E-state index contributed by atoms with van der Waals surface area (Å²) in [6.45, 7) is 7.53. The summed E-state index contributed by atoms with van der Waals surface area (Å²) >= 11 is -1.21. The molecule has 2 rings (SSSR count). The summed E-state index contributed by atoms with van der Waals surface area (Å²) < 4.78 is 28.8. The molecule has 0 aliphatic heterocycles. The van der Waals surface area contributed by atoms with E-state index in [1.165, 1.54) is 0 Å². The number of pyridine rings is 1. The number of nitrogens with one attached hydrogen (secondary N) is 1. The molecule has 0 bridgehead atoms. The molecule has 1 fully saturated rings. The normalized spacial score (nSPS) is 20.5. The van der Waals surface area contributed by atoms with Gasteiger partial charge in [-0.2, -0.15) is 0 Å².